The van der Waals surface area contributed by atoms with Crippen molar-refractivity contribution in [1.29, 1.82) is 0 Å². The molecule has 23 heavy (non-hydrogen) atoms. The van der Waals surface area contributed by atoms with Gasteiger partial charge in [-0.25, -0.2) is 5.01 Å². The number of para-hydroxylation sites is 1. The van der Waals surface area contributed by atoms with Gasteiger partial charge in [-0.1, -0.05) is 18.2 Å². The van der Waals surface area contributed by atoms with Crippen LogP contribution in [-0.4, -0.2) is 35.8 Å². The first-order chi connectivity index (χ1) is 10.6. The Morgan fingerprint density at radius 1 is 1.35 bits per heavy atom. The van der Waals surface area contributed by atoms with E-state index < -0.39 is 17.8 Å². The van der Waals surface area contributed by atoms with Crippen molar-refractivity contribution in [2.24, 2.45) is 0 Å². The fourth-order valence-corrected chi connectivity index (χ4v) is 2.94. The van der Waals surface area contributed by atoms with Crippen LogP contribution in [0.2, 0.25) is 0 Å². The molecule has 1 heterocycles. The summed E-state index contributed by atoms with van der Waals surface area (Å²) in [6.45, 7) is 3.26. The number of rotatable bonds is 5. The van der Waals surface area contributed by atoms with Gasteiger partial charge in [-0.05, 0) is 38.3 Å². The maximum absolute atomic E-state index is 13.5. The number of aryl methyl sites for hydroxylation is 1. The molecule has 1 amide bonds. The molecule has 0 aliphatic carbocycles. The van der Waals surface area contributed by atoms with E-state index in [0.717, 1.165) is 5.01 Å². The summed E-state index contributed by atoms with van der Waals surface area (Å²) in [5, 5.41) is 1.05. The van der Waals surface area contributed by atoms with Crippen LogP contribution in [0.25, 0.3) is 0 Å². The van der Waals surface area contributed by atoms with Gasteiger partial charge in [0.1, 0.15) is 11.8 Å². The highest BCUT2D eigenvalue weighted by Gasteiger charge is 2.51. The van der Waals surface area contributed by atoms with Crippen LogP contribution in [0.1, 0.15) is 32.3 Å². The van der Waals surface area contributed by atoms with Crippen molar-refractivity contribution in [3.05, 3.63) is 29.8 Å². The minimum absolute atomic E-state index is 0.0498. The van der Waals surface area contributed by atoms with Crippen LogP contribution < -0.4 is 10.2 Å². The van der Waals surface area contributed by atoms with E-state index in [1.165, 1.54) is 7.11 Å². The molecule has 1 fully saturated rings. The van der Waals surface area contributed by atoms with Crippen molar-refractivity contribution < 1.29 is 22.7 Å². The van der Waals surface area contributed by atoms with E-state index in [0.29, 0.717) is 11.3 Å². The maximum atomic E-state index is 13.5. The zero-order valence-corrected chi connectivity index (χ0v) is 13.4. The number of benzene rings is 1. The second kappa shape index (κ2) is 6.39. The molecule has 1 saturated heterocycles. The van der Waals surface area contributed by atoms with Gasteiger partial charge in [0.15, 0.2) is 0 Å². The Hall–Kier alpha value is -1.76. The van der Waals surface area contributed by atoms with Crippen LogP contribution in [0, 0.1) is 0 Å². The second-order valence-electron chi connectivity index (χ2n) is 6.30. The molecule has 1 aliphatic heterocycles. The zero-order valence-electron chi connectivity index (χ0n) is 13.4. The quantitative estimate of drug-likeness (QED) is 0.902. The van der Waals surface area contributed by atoms with Crippen LogP contribution in [-0.2, 0) is 11.2 Å². The molecule has 1 aromatic rings. The molecule has 2 rings (SSSR count). The van der Waals surface area contributed by atoms with E-state index in [1.807, 2.05) is 0 Å². The van der Waals surface area contributed by atoms with Crippen molar-refractivity contribution in [1.82, 2.24) is 10.4 Å². The average molecular weight is 330 g/mol. The Labute approximate surface area is 133 Å². The summed E-state index contributed by atoms with van der Waals surface area (Å²) in [6, 6.07) is 5.27. The fraction of sp³-hybridized carbons (Fsp3) is 0.562. The molecule has 1 N–H and O–H groups in total. The van der Waals surface area contributed by atoms with Crippen LogP contribution in [0.5, 0.6) is 5.75 Å². The van der Waals surface area contributed by atoms with Gasteiger partial charge >= 0.3 is 6.18 Å². The van der Waals surface area contributed by atoms with Gasteiger partial charge in [0, 0.05) is 12.0 Å². The summed E-state index contributed by atoms with van der Waals surface area (Å²) in [5.41, 5.74) is 2.20. The molecule has 0 radical (unpaired) electrons. The fourth-order valence-electron chi connectivity index (χ4n) is 2.94. The summed E-state index contributed by atoms with van der Waals surface area (Å²) in [7, 11) is 1.49. The maximum Gasteiger partial charge on any atom is 0.405 e. The third-order valence-corrected chi connectivity index (χ3v) is 4.06. The molecule has 128 valence electrons. The van der Waals surface area contributed by atoms with E-state index in [4.69, 9.17) is 4.74 Å². The molecular formula is C16H21F3N2O2. The smallest absolute Gasteiger partial charge is 0.405 e. The van der Waals surface area contributed by atoms with Crippen molar-refractivity contribution >= 4 is 5.91 Å². The highest BCUT2D eigenvalue weighted by Crippen LogP contribution is 2.35. The Balaban J connectivity index is 2.19. The standard InChI is InChI=1S/C16H21F3N2O2/c1-15(2)10-14(22)20-21(15)13(16(17,18)19)9-8-11-6-4-5-7-12(11)23-3/h4-7,13H,8-10H2,1-3H3,(H,20,22)/t13-/m0/s1. The molecular weight excluding hydrogens is 309 g/mol. The molecule has 1 aromatic carbocycles. The van der Waals surface area contributed by atoms with E-state index >= 15 is 0 Å². The van der Waals surface area contributed by atoms with Gasteiger partial charge < -0.3 is 4.74 Å². The number of amides is 1. The predicted molar refractivity (Wildman–Crippen MR) is 79.8 cm³/mol. The van der Waals surface area contributed by atoms with Gasteiger partial charge in [-0.2, -0.15) is 13.2 Å². The lowest BCUT2D eigenvalue weighted by Gasteiger charge is -2.37. The first-order valence-electron chi connectivity index (χ1n) is 7.42. The molecule has 0 spiro atoms. The van der Waals surface area contributed by atoms with Gasteiger partial charge in [-0.3, -0.25) is 10.2 Å². The van der Waals surface area contributed by atoms with Crippen LogP contribution >= 0.6 is 0 Å². The molecule has 0 unspecified atom stereocenters. The number of carbonyl (C=O) groups excluding carboxylic acids is 1. The minimum atomic E-state index is -4.43. The SMILES string of the molecule is COc1ccccc1CC[C@H](N1NC(=O)CC1(C)C)C(F)(F)F. The van der Waals surface area contributed by atoms with Crippen molar-refractivity contribution in [3.8, 4) is 5.75 Å². The molecule has 0 aromatic heterocycles. The van der Waals surface area contributed by atoms with Crippen molar-refractivity contribution in [2.75, 3.05) is 7.11 Å². The average Bonchev–Trinajstić information content (AvgIpc) is 2.71. The highest BCUT2D eigenvalue weighted by molar-refractivity contribution is 5.78. The number of hydrogen-bond acceptors (Lipinski definition) is 3. The third kappa shape index (κ3) is 3.96. The normalized spacial score (nSPS) is 19.5. The van der Waals surface area contributed by atoms with Gasteiger partial charge in [0.25, 0.3) is 0 Å². The topological polar surface area (TPSA) is 41.6 Å². The lowest BCUT2D eigenvalue weighted by molar-refractivity contribution is -0.202. The van der Waals surface area contributed by atoms with Crippen LogP contribution in [0.3, 0.4) is 0 Å². The summed E-state index contributed by atoms with van der Waals surface area (Å²) in [5.74, 6) is 0.180. The first-order valence-corrected chi connectivity index (χ1v) is 7.42. The number of methoxy groups -OCH3 is 1. The number of ether oxygens (including phenoxy) is 1. The predicted octanol–water partition coefficient (Wildman–Crippen LogP) is 3.07. The van der Waals surface area contributed by atoms with E-state index in [1.54, 1.807) is 38.1 Å². The van der Waals surface area contributed by atoms with Crippen molar-refractivity contribution in [2.45, 2.75) is 50.9 Å². The Morgan fingerprint density at radius 2 is 2.00 bits per heavy atom. The number of hydrogen-bond donors (Lipinski definition) is 1. The van der Waals surface area contributed by atoms with E-state index in [2.05, 4.69) is 5.43 Å². The number of nitrogens with one attached hydrogen (secondary N) is 1. The van der Waals surface area contributed by atoms with E-state index in [-0.39, 0.29) is 25.2 Å². The van der Waals surface area contributed by atoms with Gasteiger partial charge in [0.05, 0.1) is 7.11 Å². The summed E-state index contributed by atoms with van der Waals surface area (Å²) >= 11 is 0. The largest absolute Gasteiger partial charge is 0.496 e. The van der Waals surface area contributed by atoms with Gasteiger partial charge in [-0.15, -0.1) is 0 Å². The number of halogens is 3. The summed E-state index contributed by atoms with van der Waals surface area (Å²) < 4.78 is 45.7. The monoisotopic (exact) mass is 330 g/mol. The molecule has 1 atom stereocenters. The number of hydrazine groups is 1. The Morgan fingerprint density at radius 3 is 2.52 bits per heavy atom. The zero-order chi connectivity index (χ0) is 17.3. The van der Waals surface area contributed by atoms with Gasteiger partial charge in [0.2, 0.25) is 5.91 Å². The lowest BCUT2D eigenvalue weighted by atomic mass is 9.97. The molecule has 0 bridgehead atoms. The number of nitrogens with zero attached hydrogens (tertiary/aromatic N) is 1. The second-order valence-corrected chi connectivity index (χ2v) is 6.30. The molecule has 0 saturated carbocycles. The first kappa shape index (κ1) is 17.6. The van der Waals surface area contributed by atoms with E-state index in [9.17, 15) is 18.0 Å². The lowest BCUT2D eigenvalue weighted by Crippen LogP contribution is -2.56. The summed E-state index contributed by atoms with van der Waals surface area (Å²) in [4.78, 5) is 11.5. The Bertz CT molecular complexity index is 573. The summed E-state index contributed by atoms with van der Waals surface area (Å²) in [6.07, 6.45) is -4.34. The third-order valence-electron chi connectivity index (χ3n) is 4.06. The number of alkyl halides is 3. The highest BCUT2D eigenvalue weighted by atomic mass is 19.4. The van der Waals surface area contributed by atoms with Crippen molar-refractivity contribution in [3.63, 3.8) is 0 Å². The Kier molecular flexibility index (Phi) is 4.89. The van der Waals surface area contributed by atoms with Crippen LogP contribution in [0.15, 0.2) is 24.3 Å². The number of carbonyl (C=O) groups is 1. The van der Waals surface area contributed by atoms with Crippen LogP contribution in [0.4, 0.5) is 13.2 Å². The molecule has 4 nitrogen and oxygen atoms in total. The molecule has 7 heteroatoms. The molecule has 1 aliphatic rings. The minimum Gasteiger partial charge on any atom is -0.496 e.